The molecular formula is C27H21BrF3IN4O2S. The van der Waals surface area contributed by atoms with E-state index in [0.717, 1.165) is 37.1 Å². The molecule has 0 saturated carbocycles. The maximum Gasteiger partial charge on any atom is 0.416 e. The van der Waals surface area contributed by atoms with Crippen molar-refractivity contribution in [2.75, 3.05) is 5.32 Å². The molecular weight excluding hydrogens is 708 g/mol. The van der Waals surface area contributed by atoms with Crippen molar-refractivity contribution in [1.29, 1.82) is 0 Å². The molecule has 4 rings (SSSR count). The quantitative estimate of drug-likeness (QED) is 0.105. The van der Waals surface area contributed by atoms with Gasteiger partial charge >= 0.3 is 6.18 Å². The number of halogens is 5. The highest BCUT2D eigenvalue weighted by molar-refractivity contribution is 14.1. The fourth-order valence-electron chi connectivity index (χ4n) is 3.47. The number of carbonyl (C=O) groups excluding carboxylic acids is 1. The normalized spacial score (nSPS) is 11.5. The zero-order valence-corrected chi connectivity index (χ0v) is 24.9. The van der Waals surface area contributed by atoms with Crippen molar-refractivity contribution in [3.63, 3.8) is 0 Å². The molecule has 12 heteroatoms. The van der Waals surface area contributed by atoms with E-state index in [1.165, 1.54) is 35.2 Å². The number of aromatic nitrogens is 1. The molecule has 2 N–H and O–H groups in total. The van der Waals surface area contributed by atoms with E-state index in [4.69, 9.17) is 4.74 Å². The van der Waals surface area contributed by atoms with Gasteiger partial charge < -0.3 is 10.1 Å². The Labute approximate surface area is 249 Å². The van der Waals surface area contributed by atoms with E-state index in [2.05, 4.69) is 65.4 Å². The van der Waals surface area contributed by atoms with Crippen molar-refractivity contribution in [1.82, 2.24) is 10.4 Å². The highest BCUT2D eigenvalue weighted by Crippen LogP contribution is 2.33. The van der Waals surface area contributed by atoms with Gasteiger partial charge in [-0.2, -0.15) is 18.3 Å². The Morgan fingerprint density at radius 1 is 1.18 bits per heavy atom. The molecule has 0 fully saturated rings. The van der Waals surface area contributed by atoms with Crippen LogP contribution in [0.25, 0.3) is 0 Å². The van der Waals surface area contributed by atoms with Crippen molar-refractivity contribution >= 4 is 72.8 Å². The number of nitrogens with zero attached hydrogens (tertiary/aromatic N) is 2. The number of amides is 1. The van der Waals surface area contributed by atoms with Gasteiger partial charge in [-0.1, -0.05) is 35.9 Å². The fourth-order valence-corrected chi connectivity index (χ4v) is 5.97. The van der Waals surface area contributed by atoms with Crippen LogP contribution >= 0.6 is 49.9 Å². The summed E-state index contributed by atoms with van der Waals surface area (Å²) in [5.41, 5.74) is 5.44. The highest BCUT2D eigenvalue weighted by atomic mass is 127. The van der Waals surface area contributed by atoms with E-state index in [0.29, 0.717) is 17.4 Å². The molecule has 0 aliphatic carbocycles. The van der Waals surface area contributed by atoms with Gasteiger partial charge in [0.05, 0.1) is 31.9 Å². The standard InChI is InChI=1S/C27H21BrF3IN4O2S/c1-16-4-2-5-17(8-16)14-38-25-22(28)9-18(10-23(25)32)13-33-36-24(37)12-21-15-39-26(35-21)34-20-7-3-6-19(11-20)27(29,30)31/h2-11,13,15H,12,14H2,1H3,(H,34,35)(H,36,37)/b33-13-. The first-order valence-electron chi connectivity index (χ1n) is 11.4. The number of aryl methyl sites for hydroxylation is 1. The van der Waals surface area contributed by atoms with Crippen LogP contribution < -0.4 is 15.5 Å². The Kier molecular flexibility index (Phi) is 9.62. The summed E-state index contributed by atoms with van der Waals surface area (Å²) in [4.78, 5) is 16.6. The van der Waals surface area contributed by atoms with Gasteiger partial charge in [0.2, 0.25) is 5.91 Å². The van der Waals surface area contributed by atoms with Crippen molar-refractivity contribution in [2.45, 2.75) is 26.1 Å². The monoisotopic (exact) mass is 728 g/mol. The number of carbonyl (C=O) groups is 1. The second kappa shape index (κ2) is 12.9. The van der Waals surface area contributed by atoms with Crippen LogP contribution in [0.2, 0.25) is 0 Å². The van der Waals surface area contributed by atoms with E-state index >= 15 is 0 Å². The van der Waals surface area contributed by atoms with Crippen molar-refractivity contribution < 1.29 is 22.7 Å². The number of nitrogens with one attached hydrogen (secondary N) is 2. The molecule has 0 spiro atoms. The largest absolute Gasteiger partial charge is 0.487 e. The number of anilines is 2. The first-order chi connectivity index (χ1) is 18.6. The third-order valence-electron chi connectivity index (χ3n) is 5.22. The molecule has 6 nitrogen and oxygen atoms in total. The molecule has 0 saturated heterocycles. The molecule has 1 amide bonds. The molecule has 0 aliphatic rings. The fraction of sp³-hybridized carbons (Fsp3) is 0.148. The van der Waals surface area contributed by atoms with Crippen LogP contribution in [0.4, 0.5) is 24.0 Å². The molecule has 0 atom stereocenters. The third-order valence-corrected chi connectivity index (χ3v) is 7.42. The number of thiazole rings is 1. The van der Waals surface area contributed by atoms with Crippen LogP contribution in [0.15, 0.2) is 75.6 Å². The van der Waals surface area contributed by atoms with Gasteiger partial charge in [-0.05, 0) is 86.9 Å². The highest BCUT2D eigenvalue weighted by Gasteiger charge is 2.30. The average Bonchev–Trinajstić information content (AvgIpc) is 3.29. The van der Waals surface area contributed by atoms with Gasteiger partial charge in [0.15, 0.2) is 5.13 Å². The number of hydrogen-bond acceptors (Lipinski definition) is 6. The number of hydrazone groups is 1. The van der Waals surface area contributed by atoms with Gasteiger partial charge in [-0.25, -0.2) is 10.4 Å². The first-order valence-corrected chi connectivity index (χ1v) is 14.2. The molecule has 4 aromatic rings. The second-order valence-electron chi connectivity index (χ2n) is 8.41. The number of benzene rings is 3. The Balaban J connectivity index is 1.30. The van der Waals surface area contributed by atoms with E-state index in [1.54, 1.807) is 5.38 Å². The van der Waals surface area contributed by atoms with Crippen LogP contribution in [0.5, 0.6) is 5.75 Å². The van der Waals surface area contributed by atoms with Crippen molar-refractivity contribution in [3.8, 4) is 5.75 Å². The first kappa shape index (κ1) is 29.0. The summed E-state index contributed by atoms with van der Waals surface area (Å²) in [5.74, 6) is 0.338. The van der Waals surface area contributed by atoms with Crippen LogP contribution in [0.3, 0.4) is 0 Å². The Morgan fingerprint density at radius 2 is 1.97 bits per heavy atom. The minimum Gasteiger partial charge on any atom is -0.487 e. The zero-order chi connectivity index (χ0) is 28.0. The number of hydrogen-bond donors (Lipinski definition) is 2. The molecule has 0 bridgehead atoms. The minimum atomic E-state index is -4.43. The summed E-state index contributed by atoms with van der Waals surface area (Å²) in [5, 5.41) is 8.91. The van der Waals surface area contributed by atoms with Gasteiger partial charge in [0.25, 0.3) is 0 Å². The molecule has 1 aromatic heterocycles. The third kappa shape index (κ3) is 8.51. The zero-order valence-electron chi connectivity index (χ0n) is 20.4. The van der Waals surface area contributed by atoms with Crippen LogP contribution in [-0.2, 0) is 24.0 Å². The molecule has 0 unspecified atom stereocenters. The Morgan fingerprint density at radius 3 is 2.72 bits per heavy atom. The van der Waals surface area contributed by atoms with Crippen LogP contribution in [-0.4, -0.2) is 17.1 Å². The van der Waals surface area contributed by atoms with Crippen LogP contribution in [0, 0.1) is 10.5 Å². The summed E-state index contributed by atoms with van der Waals surface area (Å²) >= 11 is 6.92. The topological polar surface area (TPSA) is 75.6 Å². The summed E-state index contributed by atoms with van der Waals surface area (Å²) in [6, 6.07) is 16.7. The lowest BCUT2D eigenvalue weighted by atomic mass is 10.1. The predicted molar refractivity (Wildman–Crippen MR) is 159 cm³/mol. The van der Waals surface area contributed by atoms with Gasteiger partial charge in [-0.15, -0.1) is 11.3 Å². The summed E-state index contributed by atoms with van der Waals surface area (Å²) < 4.78 is 46.4. The molecule has 202 valence electrons. The smallest absolute Gasteiger partial charge is 0.416 e. The lowest BCUT2D eigenvalue weighted by Gasteiger charge is -2.11. The van der Waals surface area contributed by atoms with Gasteiger partial charge in [-0.3, -0.25) is 4.79 Å². The van der Waals surface area contributed by atoms with Crippen molar-refractivity contribution in [2.24, 2.45) is 5.10 Å². The Bertz CT molecular complexity index is 1490. The minimum absolute atomic E-state index is 0.0366. The van der Waals surface area contributed by atoms with E-state index in [1.807, 2.05) is 37.3 Å². The van der Waals surface area contributed by atoms with Gasteiger partial charge in [0, 0.05) is 11.1 Å². The maximum absolute atomic E-state index is 12.9. The Hall–Kier alpha value is -2.97. The lowest BCUT2D eigenvalue weighted by molar-refractivity contribution is -0.137. The van der Waals surface area contributed by atoms with E-state index in [9.17, 15) is 18.0 Å². The lowest BCUT2D eigenvalue weighted by Crippen LogP contribution is -2.20. The second-order valence-corrected chi connectivity index (χ2v) is 11.3. The molecule has 1 heterocycles. The molecule has 3 aromatic carbocycles. The number of alkyl halides is 3. The summed E-state index contributed by atoms with van der Waals surface area (Å²) in [6.07, 6.45) is -2.95. The van der Waals surface area contributed by atoms with Crippen LogP contribution in [0.1, 0.15) is 27.9 Å². The SMILES string of the molecule is Cc1cccc(COc2c(Br)cc(/C=N\NC(=O)Cc3csc(Nc4cccc(C(F)(F)F)c4)n3)cc2I)c1. The van der Waals surface area contributed by atoms with E-state index < -0.39 is 11.7 Å². The summed E-state index contributed by atoms with van der Waals surface area (Å²) in [6.45, 7) is 2.47. The van der Waals surface area contributed by atoms with Gasteiger partial charge in [0.1, 0.15) is 12.4 Å². The average molecular weight is 729 g/mol. The summed E-state index contributed by atoms with van der Waals surface area (Å²) in [7, 11) is 0. The predicted octanol–water partition coefficient (Wildman–Crippen LogP) is 7.85. The number of rotatable bonds is 9. The number of ether oxygens (including phenoxy) is 1. The maximum atomic E-state index is 12.9. The molecule has 0 radical (unpaired) electrons. The van der Waals surface area contributed by atoms with E-state index in [-0.39, 0.29) is 18.0 Å². The molecule has 39 heavy (non-hydrogen) atoms. The van der Waals surface area contributed by atoms with Crippen molar-refractivity contribution in [3.05, 3.63) is 102 Å². The molecule has 0 aliphatic heterocycles.